The number of nitrogens with zero attached hydrogens (tertiary/aromatic N) is 3. The van der Waals surface area contributed by atoms with Gasteiger partial charge >= 0.3 is 0 Å². The average Bonchev–Trinajstić information content (AvgIpc) is 2.79. The molecule has 9 heteroatoms. The summed E-state index contributed by atoms with van der Waals surface area (Å²) in [5.41, 5.74) is 24.3. The van der Waals surface area contributed by atoms with Crippen LogP contribution in [0.1, 0.15) is 0 Å². The minimum absolute atomic E-state index is 0.370. The Kier molecular flexibility index (Phi) is 5.16. The maximum absolute atomic E-state index is 6.48. The van der Waals surface area contributed by atoms with E-state index in [1.54, 1.807) is 37.2 Å². The lowest BCUT2D eigenvalue weighted by atomic mass is 10.1. The van der Waals surface area contributed by atoms with Crippen molar-refractivity contribution in [3.63, 3.8) is 0 Å². The molecule has 4 aromatic rings. The normalized spacial score (nSPS) is 10.4. The fraction of sp³-hybridized carbons (Fsp3) is 0. The highest BCUT2D eigenvalue weighted by Gasteiger charge is 2.20. The van der Waals surface area contributed by atoms with Crippen LogP contribution in [-0.2, 0) is 0 Å². The molecule has 0 saturated heterocycles. The summed E-state index contributed by atoms with van der Waals surface area (Å²) in [6.45, 7) is 0. The van der Waals surface area contributed by atoms with Crippen LogP contribution >= 0.6 is 0 Å². The van der Waals surface area contributed by atoms with E-state index >= 15 is 0 Å². The number of rotatable bonds is 6. The number of nitrogens with one attached hydrogen (secondary N) is 3. The van der Waals surface area contributed by atoms with Gasteiger partial charge in [-0.15, -0.1) is 0 Å². The fourth-order valence-electron chi connectivity index (χ4n) is 2.96. The topological polar surface area (TPSA) is 153 Å². The van der Waals surface area contributed by atoms with Gasteiger partial charge in [0.25, 0.3) is 0 Å². The van der Waals surface area contributed by atoms with Gasteiger partial charge in [-0.25, -0.2) is 0 Å². The van der Waals surface area contributed by atoms with Crippen molar-refractivity contribution in [2.75, 3.05) is 33.2 Å². The molecule has 1 aromatic carbocycles. The Morgan fingerprint density at radius 1 is 0.500 bits per heavy atom. The van der Waals surface area contributed by atoms with Gasteiger partial charge < -0.3 is 33.2 Å². The van der Waals surface area contributed by atoms with E-state index in [0.717, 1.165) is 17.1 Å². The first-order valence-electron chi connectivity index (χ1n) is 9.15. The Bertz CT molecular complexity index is 966. The highest BCUT2D eigenvalue weighted by Crippen LogP contribution is 2.48. The maximum Gasteiger partial charge on any atom is 0.0896 e. The third-order valence-electron chi connectivity index (χ3n) is 4.41. The minimum atomic E-state index is 0.370. The Balaban J connectivity index is 1.83. The molecule has 0 unspecified atom stereocenters. The van der Waals surface area contributed by atoms with E-state index < -0.39 is 0 Å². The number of pyridine rings is 3. The van der Waals surface area contributed by atoms with Crippen LogP contribution in [0.15, 0.2) is 73.6 Å². The SMILES string of the molecule is Nc1c(Nc2cccnc2)c(N)c(Nc2cccnc2)c(N)c1Nc1cccnc1. The molecule has 4 rings (SSSR count). The fourth-order valence-corrected chi connectivity index (χ4v) is 2.96. The summed E-state index contributed by atoms with van der Waals surface area (Å²) in [4.78, 5) is 12.4. The third-order valence-corrected chi connectivity index (χ3v) is 4.41. The van der Waals surface area contributed by atoms with Gasteiger partial charge in [-0.3, -0.25) is 15.0 Å². The van der Waals surface area contributed by atoms with Crippen molar-refractivity contribution in [1.29, 1.82) is 0 Å². The monoisotopic (exact) mass is 399 g/mol. The smallest absolute Gasteiger partial charge is 0.0896 e. The molecule has 0 aliphatic carbocycles. The first kappa shape index (κ1) is 18.8. The molecular formula is C21H21N9. The molecule has 3 heterocycles. The van der Waals surface area contributed by atoms with Crippen LogP contribution in [0.5, 0.6) is 0 Å². The van der Waals surface area contributed by atoms with Gasteiger partial charge in [0.2, 0.25) is 0 Å². The number of anilines is 9. The van der Waals surface area contributed by atoms with Gasteiger partial charge in [-0.2, -0.15) is 0 Å². The third kappa shape index (κ3) is 3.85. The summed E-state index contributed by atoms with van der Waals surface area (Å²) in [5, 5.41) is 9.72. The molecule has 0 saturated carbocycles. The molecule has 3 aromatic heterocycles. The zero-order valence-electron chi connectivity index (χ0n) is 16.0. The van der Waals surface area contributed by atoms with Crippen molar-refractivity contribution < 1.29 is 0 Å². The summed E-state index contributed by atoms with van der Waals surface area (Å²) in [6, 6.07) is 11.0. The first-order valence-corrected chi connectivity index (χ1v) is 9.15. The Morgan fingerprint density at radius 3 is 1.03 bits per heavy atom. The van der Waals surface area contributed by atoms with Crippen molar-refractivity contribution in [3.05, 3.63) is 73.6 Å². The molecule has 9 nitrogen and oxygen atoms in total. The van der Waals surface area contributed by atoms with E-state index in [2.05, 4.69) is 30.9 Å². The van der Waals surface area contributed by atoms with E-state index in [-0.39, 0.29) is 0 Å². The molecule has 0 amide bonds. The van der Waals surface area contributed by atoms with Crippen LogP contribution < -0.4 is 33.2 Å². The lowest BCUT2D eigenvalue weighted by molar-refractivity contribution is 1.31. The van der Waals surface area contributed by atoms with Crippen molar-refractivity contribution >= 4 is 51.2 Å². The molecule has 0 atom stereocenters. The maximum atomic E-state index is 6.48. The lowest BCUT2D eigenvalue weighted by Crippen LogP contribution is -2.11. The van der Waals surface area contributed by atoms with E-state index in [9.17, 15) is 0 Å². The quantitative estimate of drug-likeness (QED) is 0.265. The Labute approximate surface area is 173 Å². The molecule has 150 valence electrons. The molecule has 0 aliphatic heterocycles. The van der Waals surface area contributed by atoms with Gasteiger partial charge in [0.1, 0.15) is 0 Å². The predicted molar refractivity (Wildman–Crippen MR) is 122 cm³/mol. The molecule has 0 spiro atoms. The van der Waals surface area contributed by atoms with Crippen LogP contribution in [0, 0.1) is 0 Å². The summed E-state index contributed by atoms with van der Waals surface area (Å²) < 4.78 is 0. The first-order chi connectivity index (χ1) is 14.6. The molecule has 0 bridgehead atoms. The lowest BCUT2D eigenvalue weighted by Gasteiger charge is -2.23. The van der Waals surface area contributed by atoms with Gasteiger partial charge in [-0.1, -0.05) is 0 Å². The number of aromatic nitrogens is 3. The Hall–Kier alpha value is -4.53. The van der Waals surface area contributed by atoms with Crippen molar-refractivity contribution in [1.82, 2.24) is 15.0 Å². The average molecular weight is 399 g/mol. The zero-order valence-corrected chi connectivity index (χ0v) is 16.0. The van der Waals surface area contributed by atoms with Gasteiger partial charge in [0, 0.05) is 18.6 Å². The molecule has 0 radical (unpaired) electrons. The minimum Gasteiger partial charge on any atom is -0.395 e. The zero-order chi connectivity index (χ0) is 20.9. The number of hydrogen-bond acceptors (Lipinski definition) is 9. The predicted octanol–water partition coefficient (Wildman–Crippen LogP) is 3.85. The van der Waals surface area contributed by atoms with Gasteiger partial charge in [-0.05, 0) is 36.4 Å². The highest BCUT2D eigenvalue weighted by atomic mass is 15.0. The second-order valence-electron chi connectivity index (χ2n) is 6.47. The van der Waals surface area contributed by atoms with E-state index in [0.29, 0.717) is 34.1 Å². The summed E-state index contributed by atoms with van der Waals surface area (Å²) in [6.07, 6.45) is 10.1. The van der Waals surface area contributed by atoms with Crippen molar-refractivity contribution in [3.8, 4) is 0 Å². The number of nitrogens with two attached hydrogens (primary N) is 3. The second-order valence-corrected chi connectivity index (χ2v) is 6.47. The van der Waals surface area contributed by atoms with Crippen molar-refractivity contribution in [2.45, 2.75) is 0 Å². The van der Waals surface area contributed by atoms with Crippen LogP contribution in [0.4, 0.5) is 51.2 Å². The van der Waals surface area contributed by atoms with Crippen LogP contribution in [0.3, 0.4) is 0 Å². The van der Waals surface area contributed by atoms with Crippen LogP contribution in [0.2, 0.25) is 0 Å². The van der Waals surface area contributed by atoms with Crippen LogP contribution in [0.25, 0.3) is 0 Å². The molecular weight excluding hydrogens is 378 g/mol. The Morgan fingerprint density at radius 2 is 0.800 bits per heavy atom. The standard InChI is InChI=1S/C21H21N9/c22-16-19(28-13-4-1-7-25-10-13)17(23)21(30-15-6-3-9-27-12-15)18(24)20(16)29-14-5-2-8-26-11-14/h1-12,28-30H,22-24H2. The molecule has 30 heavy (non-hydrogen) atoms. The molecule has 0 aliphatic rings. The number of benzene rings is 1. The van der Waals surface area contributed by atoms with E-state index in [1.807, 2.05) is 36.4 Å². The van der Waals surface area contributed by atoms with E-state index in [4.69, 9.17) is 17.2 Å². The van der Waals surface area contributed by atoms with Crippen LogP contribution in [-0.4, -0.2) is 15.0 Å². The molecule has 9 N–H and O–H groups in total. The summed E-state index contributed by atoms with van der Waals surface area (Å²) in [5.74, 6) is 0. The highest BCUT2D eigenvalue weighted by molar-refractivity contribution is 6.08. The van der Waals surface area contributed by atoms with Gasteiger partial charge in [0.05, 0.1) is 69.8 Å². The van der Waals surface area contributed by atoms with Crippen molar-refractivity contribution in [2.24, 2.45) is 0 Å². The van der Waals surface area contributed by atoms with Gasteiger partial charge in [0.15, 0.2) is 0 Å². The summed E-state index contributed by atoms with van der Waals surface area (Å²) >= 11 is 0. The molecule has 0 fully saturated rings. The summed E-state index contributed by atoms with van der Waals surface area (Å²) in [7, 11) is 0. The number of hydrogen-bond donors (Lipinski definition) is 6. The van der Waals surface area contributed by atoms with E-state index in [1.165, 1.54) is 0 Å². The largest absolute Gasteiger partial charge is 0.395 e. The second kappa shape index (κ2) is 8.23. The number of nitrogen functional groups attached to an aromatic ring is 3.